The molecule has 8 nitrogen and oxygen atoms in total. The van der Waals surface area contributed by atoms with Crippen LogP contribution in [0.2, 0.25) is 0 Å². The Kier molecular flexibility index (Phi) is 19.0. The molecule has 3 N–H and O–H groups in total. The second kappa shape index (κ2) is 15.7. The first-order valence-corrected chi connectivity index (χ1v) is 8.07. The standard InChI is InChI=1S/C12H22O4.Na.H2O4S.H/c1-3-5-6-10(4-2)9-16-12(15)8-7-11(13)14;;1-5(2,3)4;/h10H,3-9H2,1-2H3,(H,13,14);;(H2,1,2,3,4);. The number of carboxylic acids is 1. The van der Waals surface area contributed by atoms with Gasteiger partial charge >= 0.3 is 51.9 Å². The Morgan fingerprint density at radius 1 is 1.14 bits per heavy atom. The van der Waals surface area contributed by atoms with Gasteiger partial charge in [0.15, 0.2) is 0 Å². The van der Waals surface area contributed by atoms with Crippen molar-refractivity contribution in [2.24, 2.45) is 5.92 Å². The van der Waals surface area contributed by atoms with Gasteiger partial charge in [-0.05, 0) is 12.3 Å². The third-order valence-electron chi connectivity index (χ3n) is 2.57. The molecule has 0 aromatic heterocycles. The van der Waals surface area contributed by atoms with E-state index in [1.165, 1.54) is 0 Å². The monoisotopic (exact) mass is 352 g/mol. The van der Waals surface area contributed by atoms with Gasteiger partial charge in [0.2, 0.25) is 0 Å². The minimum absolute atomic E-state index is 0. The van der Waals surface area contributed by atoms with Gasteiger partial charge in [0, 0.05) is 0 Å². The van der Waals surface area contributed by atoms with Crippen molar-refractivity contribution in [2.45, 2.75) is 52.4 Å². The number of esters is 1. The summed E-state index contributed by atoms with van der Waals surface area (Å²) in [7, 11) is -4.67. The number of hydrogen-bond donors (Lipinski definition) is 3. The third kappa shape index (κ3) is 28.0. The van der Waals surface area contributed by atoms with Crippen molar-refractivity contribution in [1.82, 2.24) is 0 Å². The van der Waals surface area contributed by atoms with Crippen molar-refractivity contribution >= 4 is 51.9 Å². The topological polar surface area (TPSA) is 138 Å². The number of aliphatic carboxylic acids is 1. The summed E-state index contributed by atoms with van der Waals surface area (Å²) in [5.41, 5.74) is 0. The van der Waals surface area contributed by atoms with Crippen LogP contribution in [0.1, 0.15) is 52.4 Å². The molecule has 10 heteroatoms. The second-order valence-electron chi connectivity index (χ2n) is 4.44. The zero-order valence-corrected chi connectivity index (χ0v) is 13.1. The molecule has 128 valence electrons. The van der Waals surface area contributed by atoms with Gasteiger partial charge in [0.1, 0.15) is 0 Å². The molecule has 0 saturated heterocycles. The van der Waals surface area contributed by atoms with E-state index < -0.39 is 22.3 Å². The van der Waals surface area contributed by atoms with Gasteiger partial charge in [-0.1, -0.05) is 33.1 Å². The molecule has 0 bridgehead atoms. The first-order valence-electron chi connectivity index (χ1n) is 6.67. The number of carbonyl (C=O) groups excluding carboxylic acids is 1. The second-order valence-corrected chi connectivity index (χ2v) is 5.34. The molecule has 0 aliphatic rings. The Labute approximate surface area is 153 Å². The van der Waals surface area contributed by atoms with E-state index >= 15 is 0 Å². The van der Waals surface area contributed by atoms with Crippen LogP contribution in [0.4, 0.5) is 0 Å². The number of ether oxygens (including phenoxy) is 1. The Morgan fingerprint density at radius 3 is 2.00 bits per heavy atom. The molecule has 0 amide bonds. The van der Waals surface area contributed by atoms with Gasteiger partial charge in [-0.25, -0.2) is 0 Å². The molecule has 1 unspecified atom stereocenters. The predicted octanol–water partition coefficient (Wildman–Crippen LogP) is 1.31. The first kappa shape index (κ1) is 26.7. The van der Waals surface area contributed by atoms with E-state index in [0.717, 1.165) is 25.7 Å². The van der Waals surface area contributed by atoms with E-state index in [4.69, 9.17) is 27.4 Å². The Balaban J connectivity index is -0.000000520. The fourth-order valence-electron chi connectivity index (χ4n) is 1.39. The molecule has 0 spiro atoms. The average molecular weight is 352 g/mol. The summed E-state index contributed by atoms with van der Waals surface area (Å²) in [5.74, 6) is -0.957. The van der Waals surface area contributed by atoms with Crippen LogP contribution < -0.4 is 0 Å². The molecule has 0 fully saturated rings. The number of rotatable bonds is 9. The van der Waals surface area contributed by atoms with E-state index in [2.05, 4.69) is 13.8 Å². The molecule has 0 aliphatic heterocycles. The molecular weight excluding hydrogens is 327 g/mol. The van der Waals surface area contributed by atoms with E-state index in [0.29, 0.717) is 12.5 Å². The third-order valence-corrected chi connectivity index (χ3v) is 2.57. The summed E-state index contributed by atoms with van der Waals surface area (Å²) in [6.45, 7) is 4.63. The molecule has 1 atom stereocenters. The van der Waals surface area contributed by atoms with Crippen LogP contribution in [0.25, 0.3) is 0 Å². The van der Waals surface area contributed by atoms with Gasteiger partial charge in [-0.3, -0.25) is 18.7 Å². The zero-order valence-electron chi connectivity index (χ0n) is 12.3. The number of carboxylic acid groups (broad SMARTS) is 1. The van der Waals surface area contributed by atoms with Gasteiger partial charge < -0.3 is 9.84 Å². The summed E-state index contributed by atoms with van der Waals surface area (Å²) in [4.78, 5) is 21.4. The summed E-state index contributed by atoms with van der Waals surface area (Å²) in [6.07, 6.45) is 4.17. The van der Waals surface area contributed by atoms with Crippen molar-refractivity contribution in [2.75, 3.05) is 6.61 Å². The van der Waals surface area contributed by atoms with Crippen LogP contribution in [0.15, 0.2) is 0 Å². The summed E-state index contributed by atoms with van der Waals surface area (Å²) >= 11 is 0. The van der Waals surface area contributed by atoms with Gasteiger partial charge in [0.05, 0.1) is 19.4 Å². The normalized spacial score (nSPS) is 11.5. The van der Waals surface area contributed by atoms with Crippen molar-refractivity contribution in [3.8, 4) is 0 Å². The average Bonchev–Trinajstić information content (AvgIpc) is 2.34. The fraction of sp³-hybridized carbons (Fsp3) is 0.833. The van der Waals surface area contributed by atoms with Crippen molar-refractivity contribution < 1.29 is 37.0 Å². The first-order chi connectivity index (χ1) is 9.60. The quantitative estimate of drug-likeness (QED) is 0.321. The molecule has 0 radical (unpaired) electrons. The minimum atomic E-state index is -4.67. The van der Waals surface area contributed by atoms with E-state index in [9.17, 15) is 9.59 Å². The van der Waals surface area contributed by atoms with Crippen molar-refractivity contribution in [1.29, 1.82) is 0 Å². The number of carbonyl (C=O) groups is 2. The molecule has 22 heavy (non-hydrogen) atoms. The van der Waals surface area contributed by atoms with Crippen molar-refractivity contribution in [3.63, 3.8) is 0 Å². The predicted molar refractivity (Wildman–Crippen MR) is 82.5 cm³/mol. The van der Waals surface area contributed by atoms with Crippen molar-refractivity contribution in [3.05, 3.63) is 0 Å². The van der Waals surface area contributed by atoms with Crippen LogP contribution in [0.3, 0.4) is 0 Å². The maximum absolute atomic E-state index is 11.2. The van der Waals surface area contributed by atoms with Gasteiger partial charge in [-0.2, -0.15) is 8.42 Å². The van der Waals surface area contributed by atoms with Crippen LogP contribution in [0.5, 0.6) is 0 Å². The number of hydrogen-bond acceptors (Lipinski definition) is 5. The van der Waals surface area contributed by atoms with Crippen LogP contribution >= 0.6 is 0 Å². The Hall–Kier alpha value is -0.190. The van der Waals surface area contributed by atoms with Crippen LogP contribution in [0, 0.1) is 5.92 Å². The molecule has 0 aromatic carbocycles. The van der Waals surface area contributed by atoms with Gasteiger partial charge in [0.25, 0.3) is 0 Å². The zero-order chi connectivity index (χ0) is 16.9. The summed E-state index contributed by atoms with van der Waals surface area (Å²) < 4.78 is 36.6. The van der Waals surface area contributed by atoms with Gasteiger partial charge in [-0.15, -0.1) is 0 Å². The van der Waals surface area contributed by atoms with E-state index in [-0.39, 0.29) is 42.4 Å². The maximum atomic E-state index is 11.2. The molecule has 0 aliphatic carbocycles. The Morgan fingerprint density at radius 2 is 1.64 bits per heavy atom. The molecule has 0 saturated carbocycles. The number of unbranched alkanes of at least 4 members (excludes halogenated alkanes) is 1. The Bertz CT molecular complexity index is 388. The van der Waals surface area contributed by atoms with Crippen LogP contribution in [-0.4, -0.2) is 70.7 Å². The summed E-state index contributed by atoms with van der Waals surface area (Å²) in [6, 6.07) is 0. The molecule has 0 heterocycles. The molecule has 0 rings (SSSR count). The van der Waals surface area contributed by atoms with Crippen LogP contribution in [-0.2, 0) is 24.7 Å². The summed E-state index contributed by atoms with van der Waals surface area (Å²) in [5, 5.41) is 8.39. The fourth-order valence-corrected chi connectivity index (χ4v) is 1.39. The molecular formula is C12H25NaO8S. The van der Waals surface area contributed by atoms with E-state index in [1.54, 1.807) is 0 Å². The van der Waals surface area contributed by atoms with E-state index in [1.807, 2.05) is 0 Å². The SMILES string of the molecule is CCCCC(CC)COC(=O)CCC(=O)O.O=S(=O)(O)O.[NaH]. The molecule has 0 aromatic rings.